The molecule has 0 saturated carbocycles. The van der Waals surface area contributed by atoms with Crippen molar-refractivity contribution in [3.05, 3.63) is 57.6 Å². The van der Waals surface area contributed by atoms with E-state index in [9.17, 15) is 0 Å². The van der Waals surface area contributed by atoms with E-state index in [4.69, 9.17) is 15.2 Å². The zero-order valence-corrected chi connectivity index (χ0v) is 19.2. The van der Waals surface area contributed by atoms with Crippen LogP contribution in [0.1, 0.15) is 25.0 Å². The maximum absolute atomic E-state index is 6.29. The van der Waals surface area contributed by atoms with Crippen LogP contribution >= 0.6 is 15.9 Å². The second-order valence-corrected chi connectivity index (χ2v) is 8.58. The topological polar surface area (TPSA) is 59.8 Å². The van der Waals surface area contributed by atoms with Gasteiger partial charge in [-0.3, -0.25) is 4.90 Å². The second-order valence-electron chi connectivity index (χ2n) is 7.67. The minimum atomic E-state index is 0.314. The van der Waals surface area contributed by atoms with Crippen molar-refractivity contribution < 1.29 is 9.47 Å². The molecule has 2 aromatic carbocycles. The Balaban J connectivity index is 1.89. The smallest absolute Gasteiger partial charge is 0.160 e. The third kappa shape index (κ3) is 5.25. The Bertz CT molecular complexity index is 894. The van der Waals surface area contributed by atoms with Gasteiger partial charge in [0.05, 0.1) is 25.6 Å². The van der Waals surface area contributed by atoms with E-state index in [0.29, 0.717) is 6.04 Å². The number of rotatable bonds is 6. The first-order chi connectivity index (χ1) is 13.9. The van der Waals surface area contributed by atoms with Gasteiger partial charge in [-0.2, -0.15) is 0 Å². The van der Waals surface area contributed by atoms with E-state index in [1.165, 1.54) is 16.7 Å². The molecule has 3 rings (SSSR count). The number of ether oxygens (including phenoxy) is 2. The van der Waals surface area contributed by atoms with E-state index in [1.807, 2.05) is 12.1 Å². The lowest BCUT2D eigenvalue weighted by atomic mass is 10.0. The molecule has 0 amide bonds. The van der Waals surface area contributed by atoms with Gasteiger partial charge in [0.2, 0.25) is 0 Å². The summed E-state index contributed by atoms with van der Waals surface area (Å²) in [5, 5.41) is 3.60. The minimum Gasteiger partial charge on any atom is -0.493 e. The number of benzene rings is 2. The predicted octanol–water partition coefficient (Wildman–Crippen LogP) is 4.85. The van der Waals surface area contributed by atoms with E-state index in [1.54, 1.807) is 14.2 Å². The van der Waals surface area contributed by atoms with E-state index >= 15 is 0 Å². The highest BCUT2D eigenvalue weighted by atomic mass is 79.9. The fourth-order valence-electron chi connectivity index (χ4n) is 3.72. The largest absolute Gasteiger partial charge is 0.493 e. The molecule has 1 aliphatic heterocycles. The second kappa shape index (κ2) is 9.55. The standard InChI is InChI=1S/C23H30BrN3O2/c1-15(2)7-8-27-14-17-11-18(24)12-20(25)23(17)26-13-19(27)9-16-5-6-21(28-3)22(10-16)29-4/h5-7,10-12,19,26H,8-9,13-14,25H2,1-4H3. The van der Waals surface area contributed by atoms with Crippen molar-refractivity contribution in [2.75, 3.05) is 38.4 Å². The van der Waals surface area contributed by atoms with Crippen molar-refractivity contribution in [3.63, 3.8) is 0 Å². The Morgan fingerprint density at radius 3 is 2.66 bits per heavy atom. The van der Waals surface area contributed by atoms with Crippen molar-refractivity contribution in [3.8, 4) is 11.5 Å². The molecular formula is C23H30BrN3O2. The van der Waals surface area contributed by atoms with Gasteiger partial charge in [0, 0.05) is 30.1 Å². The van der Waals surface area contributed by atoms with Crippen molar-refractivity contribution in [2.45, 2.75) is 32.9 Å². The molecule has 0 radical (unpaired) electrons. The molecule has 1 heterocycles. The Labute approximate surface area is 182 Å². The predicted molar refractivity (Wildman–Crippen MR) is 124 cm³/mol. The third-order valence-electron chi connectivity index (χ3n) is 5.27. The molecule has 6 heteroatoms. The van der Waals surface area contributed by atoms with Crippen molar-refractivity contribution in [2.24, 2.45) is 0 Å². The van der Waals surface area contributed by atoms with Crippen LogP contribution in [0.15, 0.2) is 46.5 Å². The fourth-order valence-corrected chi connectivity index (χ4v) is 4.24. The number of nitrogens with zero attached hydrogens (tertiary/aromatic N) is 1. The Hall–Kier alpha value is -2.18. The van der Waals surface area contributed by atoms with Crippen LogP contribution in [0.5, 0.6) is 11.5 Å². The highest BCUT2D eigenvalue weighted by molar-refractivity contribution is 9.10. The number of nitrogens with two attached hydrogens (primary N) is 1. The summed E-state index contributed by atoms with van der Waals surface area (Å²) in [5.74, 6) is 1.51. The van der Waals surface area contributed by atoms with Crippen LogP contribution in [0.3, 0.4) is 0 Å². The number of nitrogens with one attached hydrogen (secondary N) is 1. The van der Waals surface area contributed by atoms with Crippen molar-refractivity contribution in [1.29, 1.82) is 0 Å². The summed E-state index contributed by atoms with van der Waals surface area (Å²) >= 11 is 3.58. The van der Waals surface area contributed by atoms with Gasteiger partial charge in [-0.05, 0) is 55.7 Å². The molecule has 0 fully saturated rings. The van der Waals surface area contributed by atoms with E-state index in [-0.39, 0.29) is 0 Å². The molecule has 2 aromatic rings. The number of allylic oxidation sites excluding steroid dienone is 1. The van der Waals surface area contributed by atoms with Crippen LogP contribution in [0.4, 0.5) is 11.4 Å². The maximum Gasteiger partial charge on any atom is 0.160 e. The Morgan fingerprint density at radius 2 is 1.97 bits per heavy atom. The van der Waals surface area contributed by atoms with Crippen LogP contribution in [0.25, 0.3) is 0 Å². The minimum absolute atomic E-state index is 0.314. The average Bonchev–Trinajstić information content (AvgIpc) is 2.85. The lowest BCUT2D eigenvalue weighted by Gasteiger charge is -2.29. The number of hydrogen-bond donors (Lipinski definition) is 2. The van der Waals surface area contributed by atoms with Crippen LogP contribution < -0.4 is 20.5 Å². The average molecular weight is 460 g/mol. The summed E-state index contributed by atoms with van der Waals surface area (Å²) < 4.78 is 11.9. The van der Waals surface area contributed by atoms with Gasteiger partial charge in [-0.25, -0.2) is 0 Å². The molecule has 0 aromatic heterocycles. The van der Waals surface area contributed by atoms with Gasteiger partial charge < -0.3 is 20.5 Å². The number of nitrogen functional groups attached to an aromatic ring is 1. The van der Waals surface area contributed by atoms with Crippen LogP contribution in [0, 0.1) is 0 Å². The van der Waals surface area contributed by atoms with Gasteiger partial charge >= 0.3 is 0 Å². The molecule has 3 N–H and O–H groups in total. The lowest BCUT2D eigenvalue weighted by molar-refractivity contribution is 0.219. The molecule has 1 aliphatic rings. The summed E-state index contributed by atoms with van der Waals surface area (Å²) in [6.45, 7) is 6.84. The number of halogens is 1. The number of methoxy groups -OCH3 is 2. The number of fused-ring (bicyclic) bond motifs is 1. The van der Waals surface area contributed by atoms with Gasteiger partial charge in [-0.1, -0.05) is 33.6 Å². The highest BCUT2D eigenvalue weighted by Crippen LogP contribution is 2.33. The van der Waals surface area contributed by atoms with E-state index in [2.05, 4.69) is 64.3 Å². The van der Waals surface area contributed by atoms with Gasteiger partial charge in [-0.15, -0.1) is 0 Å². The lowest BCUT2D eigenvalue weighted by Crippen LogP contribution is -2.39. The maximum atomic E-state index is 6.29. The van der Waals surface area contributed by atoms with Crippen molar-refractivity contribution >= 4 is 27.3 Å². The Morgan fingerprint density at radius 1 is 1.21 bits per heavy atom. The van der Waals surface area contributed by atoms with E-state index < -0.39 is 0 Å². The highest BCUT2D eigenvalue weighted by Gasteiger charge is 2.25. The molecular weight excluding hydrogens is 430 g/mol. The summed E-state index contributed by atoms with van der Waals surface area (Å²) in [4.78, 5) is 2.51. The van der Waals surface area contributed by atoms with Crippen LogP contribution in [-0.2, 0) is 13.0 Å². The molecule has 0 spiro atoms. The fraction of sp³-hybridized carbons (Fsp3) is 0.391. The zero-order valence-electron chi connectivity index (χ0n) is 17.6. The van der Waals surface area contributed by atoms with Gasteiger partial charge in [0.25, 0.3) is 0 Å². The van der Waals surface area contributed by atoms with Crippen LogP contribution in [-0.4, -0.2) is 38.3 Å². The molecule has 1 atom stereocenters. The SMILES string of the molecule is COc1ccc(CC2CNc3c(N)cc(Br)cc3CN2CC=C(C)C)cc1OC. The molecule has 29 heavy (non-hydrogen) atoms. The van der Waals surface area contributed by atoms with Crippen molar-refractivity contribution in [1.82, 2.24) is 4.90 Å². The molecule has 0 aliphatic carbocycles. The normalized spacial score (nSPS) is 16.4. The monoisotopic (exact) mass is 459 g/mol. The number of anilines is 2. The van der Waals surface area contributed by atoms with Gasteiger partial charge in [0.1, 0.15) is 0 Å². The quantitative estimate of drug-likeness (QED) is 0.477. The molecule has 0 bridgehead atoms. The summed E-state index contributed by atoms with van der Waals surface area (Å²) in [6, 6.07) is 10.6. The molecule has 156 valence electrons. The first-order valence-electron chi connectivity index (χ1n) is 9.81. The van der Waals surface area contributed by atoms with Gasteiger partial charge in [0.15, 0.2) is 11.5 Å². The Kier molecular flexibility index (Phi) is 7.09. The summed E-state index contributed by atoms with van der Waals surface area (Å²) in [6.07, 6.45) is 3.19. The molecule has 5 nitrogen and oxygen atoms in total. The molecule has 1 unspecified atom stereocenters. The van der Waals surface area contributed by atoms with E-state index in [0.717, 1.165) is 53.4 Å². The zero-order chi connectivity index (χ0) is 21.0. The molecule has 0 saturated heterocycles. The number of hydrogen-bond acceptors (Lipinski definition) is 5. The van der Waals surface area contributed by atoms with Crippen LogP contribution in [0.2, 0.25) is 0 Å². The first-order valence-corrected chi connectivity index (χ1v) is 10.6. The first kappa shape index (κ1) is 21.5. The summed E-state index contributed by atoms with van der Waals surface area (Å²) in [5.41, 5.74) is 11.9. The summed E-state index contributed by atoms with van der Waals surface area (Å²) in [7, 11) is 3.33. The third-order valence-corrected chi connectivity index (χ3v) is 5.73.